The van der Waals surface area contributed by atoms with Crippen molar-refractivity contribution in [2.75, 3.05) is 17.2 Å². The van der Waals surface area contributed by atoms with Gasteiger partial charge in [-0.25, -0.2) is 0 Å². The first-order valence-corrected chi connectivity index (χ1v) is 11.9. The molecule has 166 valence electrons. The fraction of sp³-hybridized carbons (Fsp3) is 0.769. The van der Waals surface area contributed by atoms with E-state index < -0.39 is 0 Å². The first-order chi connectivity index (χ1) is 13.6. The molecule has 1 unspecified atom stereocenters. The molecular weight excluding hydrogens is 356 g/mol. The van der Waals surface area contributed by atoms with Crippen molar-refractivity contribution in [3.8, 4) is 0 Å². The maximum Gasteiger partial charge on any atom is 0.0482 e. The van der Waals surface area contributed by atoms with Crippen LogP contribution in [0.2, 0.25) is 0 Å². The Balaban J connectivity index is 2.87. The van der Waals surface area contributed by atoms with Crippen molar-refractivity contribution < 1.29 is 5.11 Å². The Morgan fingerprint density at radius 2 is 1.66 bits per heavy atom. The van der Waals surface area contributed by atoms with Crippen molar-refractivity contribution in [2.45, 2.75) is 117 Å². The van der Waals surface area contributed by atoms with E-state index in [0.717, 1.165) is 50.6 Å². The summed E-state index contributed by atoms with van der Waals surface area (Å²) in [6.07, 6.45) is 7.40. The first-order valence-electron chi connectivity index (χ1n) is 11.9. The van der Waals surface area contributed by atoms with E-state index in [4.69, 9.17) is 5.73 Å². The molecule has 3 N–H and O–H groups in total. The van der Waals surface area contributed by atoms with Gasteiger partial charge in [0.05, 0.1) is 0 Å². The Labute approximate surface area is 180 Å². The zero-order valence-corrected chi connectivity index (χ0v) is 20.4. The zero-order valence-electron chi connectivity index (χ0n) is 20.4. The van der Waals surface area contributed by atoms with Gasteiger partial charge in [-0.05, 0) is 93.4 Å². The van der Waals surface area contributed by atoms with Gasteiger partial charge in [0.2, 0.25) is 0 Å². The van der Waals surface area contributed by atoms with Gasteiger partial charge in [0.25, 0.3) is 0 Å². The molecule has 1 atom stereocenters. The topological polar surface area (TPSA) is 49.5 Å². The zero-order chi connectivity index (χ0) is 22.0. The maximum absolute atomic E-state index is 10.3. The summed E-state index contributed by atoms with van der Waals surface area (Å²) in [5, 5.41) is 10.3. The number of hydrogen-bond acceptors (Lipinski definition) is 3. The monoisotopic (exact) mass is 402 g/mol. The number of rotatable bonds is 9. The van der Waals surface area contributed by atoms with Crippen LogP contribution in [-0.2, 0) is 6.42 Å². The molecule has 0 bridgehead atoms. The van der Waals surface area contributed by atoms with Gasteiger partial charge < -0.3 is 15.7 Å². The van der Waals surface area contributed by atoms with E-state index >= 15 is 0 Å². The van der Waals surface area contributed by atoms with Crippen molar-refractivity contribution in [2.24, 2.45) is 5.41 Å². The van der Waals surface area contributed by atoms with Crippen molar-refractivity contribution in [1.29, 1.82) is 0 Å². The Kier molecular flexibility index (Phi) is 7.36. The smallest absolute Gasteiger partial charge is 0.0482 e. The molecule has 0 amide bonds. The number of anilines is 2. The molecular formula is C26H46N2O. The Morgan fingerprint density at radius 1 is 1.07 bits per heavy atom. The van der Waals surface area contributed by atoms with Crippen LogP contribution in [0.15, 0.2) is 12.1 Å². The number of aryl methyl sites for hydroxylation is 1. The number of hydrogen-bond donors (Lipinski definition) is 2. The highest BCUT2D eigenvalue weighted by atomic mass is 16.3. The van der Waals surface area contributed by atoms with Crippen molar-refractivity contribution in [3.63, 3.8) is 0 Å². The number of benzene rings is 1. The lowest BCUT2D eigenvalue weighted by molar-refractivity contribution is 0.0409. The minimum atomic E-state index is -0.0803. The molecule has 0 saturated heterocycles. The minimum Gasteiger partial charge on any atom is -0.398 e. The van der Waals surface area contributed by atoms with Crippen LogP contribution in [0, 0.1) is 5.41 Å². The molecule has 1 heterocycles. The molecule has 0 aliphatic carbocycles. The van der Waals surface area contributed by atoms with Gasteiger partial charge in [-0.1, -0.05) is 41.5 Å². The number of fused-ring (bicyclic) bond motifs is 1. The van der Waals surface area contributed by atoms with Gasteiger partial charge in [0.1, 0.15) is 0 Å². The highest BCUT2D eigenvalue weighted by molar-refractivity contribution is 5.68. The SMILES string of the molecule is CCC(CC)(CC)C(CC)(CCO)N1c2cc(C(C)C)c(N)cc2CCC1(C)C. The summed E-state index contributed by atoms with van der Waals surface area (Å²) >= 11 is 0. The van der Waals surface area contributed by atoms with Gasteiger partial charge in [0, 0.05) is 29.1 Å². The predicted molar refractivity (Wildman–Crippen MR) is 128 cm³/mol. The number of aliphatic hydroxyl groups is 1. The third kappa shape index (κ3) is 3.80. The highest BCUT2D eigenvalue weighted by Crippen LogP contribution is 2.55. The third-order valence-electron chi connectivity index (χ3n) is 8.31. The highest BCUT2D eigenvalue weighted by Gasteiger charge is 2.55. The van der Waals surface area contributed by atoms with Crippen LogP contribution in [0.5, 0.6) is 0 Å². The van der Waals surface area contributed by atoms with Crippen LogP contribution in [0.1, 0.15) is 111 Å². The lowest BCUT2D eigenvalue weighted by atomic mass is 9.59. The average Bonchev–Trinajstić information content (AvgIpc) is 2.68. The Bertz CT molecular complexity index is 682. The molecule has 2 rings (SSSR count). The molecule has 0 radical (unpaired) electrons. The van der Waals surface area contributed by atoms with Gasteiger partial charge in [0.15, 0.2) is 0 Å². The molecule has 1 aliphatic heterocycles. The summed E-state index contributed by atoms with van der Waals surface area (Å²) in [6, 6.07) is 4.61. The summed E-state index contributed by atoms with van der Waals surface area (Å²) < 4.78 is 0. The number of aliphatic hydroxyl groups excluding tert-OH is 1. The lowest BCUT2D eigenvalue weighted by Gasteiger charge is -2.63. The number of nitrogens with two attached hydrogens (primary N) is 1. The molecule has 1 aliphatic rings. The number of nitrogen functional groups attached to an aromatic ring is 1. The van der Waals surface area contributed by atoms with Crippen molar-refractivity contribution in [1.82, 2.24) is 0 Å². The molecule has 0 aromatic heterocycles. The second-order valence-corrected chi connectivity index (χ2v) is 10.1. The van der Waals surface area contributed by atoms with Gasteiger partial charge in [-0.15, -0.1) is 0 Å². The van der Waals surface area contributed by atoms with Crippen LogP contribution in [0.3, 0.4) is 0 Å². The van der Waals surface area contributed by atoms with Crippen molar-refractivity contribution >= 4 is 11.4 Å². The van der Waals surface area contributed by atoms with E-state index in [9.17, 15) is 5.11 Å². The molecule has 29 heavy (non-hydrogen) atoms. The van der Waals surface area contributed by atoms with Crippen LogP contribution < -0.4 is 10.6 Å². The van der Waals surface area contributed by atoms with E-state index in [0.29, 0.717) is 5.92 Å². The summed E-state index contributed by atoms with van der Waals surface area (Å²) in [7, 11) is 0. The first kappa shape index (κ1) is 24.1. The summed E-state index contributed by atoms with van der Waals surface area (Å²) in [5.41, 5.74) is 11.5. The van der Waals surface area contributed by atoms with E-state index in [1.807, 2.05) is 0 Å². The van der Waals surface area contributed by atoms with E-state index in [2.05, 4.69) is 72.4 Å². The third-order valence-corrected chi connectivity index (χ3v) is 8.31. The summed E-state index contributed by atoms with van der Waals surface area (Å²) in [5.74, 6) is 0.398. The minimum absolute atomic E-state index is 0.0350. The van der Waals surface area contributed by atoms with Crippen LogP contribution in [-0.4, -0.2) is 22.8 Å². The van der Waals surface area contributed by atoms with E-state index in [1.54, 1.807) is 0 Å². The molecule has 1 aromatic rings. The van der Waals surface area contributed by atoms with Crippen LogP contribution >= 0.6 is 0 Å². The molecule has 1 aromatic carbocycles. The second kappa shape index (κ2) is 8.88. The fourth-order valence-electron chi connectivity index (χ4n) is 6.51. The second-order valence-electron chi connectivity index (χ2n) is 10.1. The molecule has 3 heteroatoms. The quantitative estimate of drug-likeness (QED) is 0.453. The lowest BCUT2D eigenvalue weighted by Crippen LogP contribution is -2.67. The maximum atomic E-state index is 10.3. The van der Waals surface area contributed by atoms with Gasteiger partial charge in [-0.3, -0.25) is 0 Å². The van der Waals surface area contributed by atoms with E-state index in [-0.39, 0.29) is 23.1 Å². The van der Waals surface area contributed by atoms with E-state index in [1.165, 1.54) is 16.8 Å². The summed E-state index contributed by atoms with van der Waals surface area (Å²) in [4.78, 5) is 2.75. The van der Waals surface area contributed by atoms with Crippen LogP contribution in [0.25, 0.3) is 0 Å². The predicted octanol–water partition coefficient (Wildman–Crippen LogP) is 6.67. The molecule has 0 saturated carbocycles. The average molecular weight is 403 g/mol. The largest absolute Gasteiger partial charge is 0.398 e. The fourth-order valence-corrected chi connectivity index (χ4v) is 6.51. The standard InChI is InChI=1S/C26H46N2O/c1-9-25(10-2,11-3)26(12-4,15-16-29)28-23-18-21(19(5)6)22(27)17-20(23)13-14-24(28,7)8/h17-19,29H,9-16,27H2,1-8H3. The Hall–Kier alpha value is -1.22. The molecule has 0 fully saturated rings. The summed E-state index contributed by atoms with van der Waals surface area (Å²) in [6.45, 7) is 18.8. The number of nitrogens with zero attached hydrogens (tertiary/aromatic N) is 1. The molecule has 0 spiro atoms. The molecule has 3 nitrogen and oxygen atoms in total. The normalized spacial score (nSPS) is 18.6. The van der Waals surface area contributed by atoms with Crippen LogP contribution in [0.4, 0.5) is 11.4 Å². The van der Waals surface area contributed by atoms with Gasteiger partial charge >= 0.3 is 0 Å². The van der Waals surface area contributed by atoms with Crippen molar-refractivity contribution in [3.05, 3.63) is 23.3 Å². The van der Waals surface area contributed by atoms with Gasteiger partial charge in [-0.2, -0.15) is 0 Å². The Morgan fingerprint density at radius 3 is 2.10 bits per heavy atom.